The molecule has 0 fully saturated rings. The van der Waals surface area contributed by atoms with Gasteiger partial charge in [0, 0.05) is 6.42 Å². The molecule has 1 N–H and O–H groups in total. The summed E-state index contributed by atoms with van der Waals surface area (Å²) < 4.78 is 5.09. The van der Waals surface area contributed by atoms with Crippen molar-refractivity contribution in [2.75, 3.05) is 6.61 Å². The summed E-state index contributed by atoms with van der Waals surface area (Å²) >= 11 is 0.627. The molecule has 3 aromatic rings. The van der Waals surface area contributed by atoms with Gasteiger partial charge in [-0.25, -0.2) is 4.79 Å². The van der Waals surface area contributed by atoms with Gasteiger partial charge >= 0.3 is 5.97 Å². The van der Waals surface area contributed by atoms with Gasteiger partial charge in [-0.1, -0.05) is 48.5 Å². The van der Waals surface area contributed by atoms with Crippen LogP contribution in [0.1, 0.15) is 25.1 Å². The summed E-state index contributed by atoms with van der Waals surface area (Å²) in [7, 11) is 0. The molecule has 164 valence electrons. The maximum Gasteiger partial charge on any atom is 0.354 e. The van der Waals surface area contributed by atoms with Crippen molar-refractivity contribution < 1.29 is 14.3 Å². The van der Waals surface area contributed by atoms with Crippen LogP contribution >= 0.6 is 11.8 Å². The molecule has 1 unspecified atom stereocenters. The highest BCUT2D eigenvalue weighted by atomic mass is 32.2. The molecular weight excluding hydrogens is 430 g/mol. The van der Waals surface area contributed by atoms with Gasteiger partial charge in [-0.15, -0.1) is 15.3 Å². The van der Waals surface area contributed by atoms with E-state index in [-0.39, 0.29) is 23.9 Å². The van der Waals surface area contributed by atoms with Crippen LogP contribution in [0.5, 0.6) is 0 Å². The molecule has 0 radical (unpaired) electrons. The molecule has 2 aromatic carbocycles. The summed E-state index contributed by atoms with van der Waals surface area (Å²) in [6.07, 6.45) is 0.289. The van der Waals surface area contributed by atoms with Crippen LogP contribution in [-0.4, -0.2) is 38.4 Å². The minimum atomic E-state index is -2.08. The van der Waals surface area contributed by atoms with Crippen molar-refractivity contribution in [1.29, 1.82) is 0 Å². The Morgan fingerprint density at radius 2 is 1.72 bits per heavy atom. The van der Waals surface area contributed by atoms with Crippen molar-refractivity contribution in [1.82, 2.24) is 15.2 Å². The lowest BCUT2D eigenvalue weighted by atomic mass is 10.1. The molecule has 32 heavy (non-hydrogen) atoms. The lowest BCUT2D eigenvalue weighted by molar-refractivity contribution is -0.148. The van der Waals surface area contributed by atoms with Gasteiger partial charge < -0.3 is 4.74 Å². The fourth-order valence-electron chi connectivity index (χ4n) is 2.68. The highest BCUT2D eigenvalue weighted by Crippen LogP contribution is 2.35. The number of benzene rings is 2. The first-order valence-electron chi connectivity index (χ1n) is 9.79. The Labute approximate surface area is 188 Å². The minimum Gasteiger partial charge on any atom is -0.463 e. The molecule has 0 saturated heterocycles. The molecule has 0 bridgehead atoms. The lowest BCUT2D eigenvalue weighted by Gasteiger charge is -2.21. The van der Waals surface area contributed by atoms with Crippen LogP contribution in [0.4, 0.5) is 5.69 Å². The van der Waals surface area contributed by atoms with Gasteiger partial charge in [0.2, 0.25) is 0 Å². The van der Waals surface area contributed by atoms with E-state index in [2.05, 4.69) is 25.4 Å². The van der Waals surface area contributed by atoms with Gasteiger partial charge in [0.25, 0.3) is 10.4 Å². The maximum absolute atomic E-state index is 12.8. The van der Waals surface area contributed by atoms with Crippen molar-refractivity contribution in [3.05, 3.63) is 82.3 Å². The molecule has 0 saturated carbocycles. The number of esters is 1. The molecule has 9 nitrogen and oxygen atoms in total. The van der Waals surface area contributed by atoms with Crippen LogP contribution in [0, 0.1) is 0 Å². The third-order valence-electron chi connectivity index (χ3n) is 4.29. The average Bonchev–Trinajstić information content (AvgIpc) is 2.79. The summed E-state index contributed by atoms with van der Waals surface area (Å²) in [4.78, 5) is 38.4. The van der Waals surface area contributed by atoms with E-state index in [4.69, 9.17) is 4.74 Å². The molecule has 1 aromatic heterocycles. The third kappa shape index (κ3) is 5.52. The molecule has 0 aliphatic heterocycles. The maximum atomic E-state index is 12.8. The number of thioether (sulfide) groups is 1. The second kappa shape index (κ2) is 10.6. The number of ketones is 1. The van der Waals surface area contributed by atoms with E-state index < -0.39 is 22.2 Å². The molecule has 1 heterocycles. The van der Waals surface area contributed by atoms with Crippen LogP contribution in [0.25, 0.3) is 0 Å². The summed E-state index contributed by atoms with van der Waals surface area (Å²) in [5.41, 5.74) is 1.07. The number of H-pyrrole nitrogens is 1. The number of nitrogens with zero attached hydrogens (tertiary/aromatic N) is 4. The number of aromatic amines is 1. The van der Waals surface area contributed by atoms with Crippen molar-refractivity contribution >= 4 is 29.2 Å². The number of carbonyl (C=O) groups is 2. The Kier molecular flexibility index (Phi) is 7.61. The Hall–Kier alpha value is -3.66. The van der Waals surface area contributed by atoms with Gasteiger partial charge in [-0.05, 0) is 43.3 Å². The van der Waals surface area contributed by atoms with E-state index in [1.54, 1.807) is 37.3 Å². The van der Waals surface area contributed by atoms with Crippen LogP contribution in [-0.2, 0) is 20.7 Å². The number of hydrogen-bond acceptors (Lipinski definition) is 9. The topological polar surface area (TPSA) is 127 Å². The first kappa shape index (κ1) is 23.0. The van der Waals surface area contributed by atoms with Crippen molar-refractivity contribution in [3.8, 4) is 0 Å². The van der Waals surface area contributed by atoms with Crippen molar-refractivity contribution in [2.45, 2.75) is 30.3 Å². The summed E-state index contributed by atoms with van der Waals surface area (Å²) in [6.45, 7) is 2.85. The van der Waals surface area contributed by atoms with Gasteiger partial charge in [-0.2, -0.15) is 5.11 Å². The number of azo groups is 1. The normalized spacial score (nSPS) is 12.9. The Morgan fingerprint density at radius 3 is 2.31 bits per heavy atom. The predicted octanol–water partition coefficient (Wildman–Crippen LogP) is 3.48. The zero-order chi connectivity index (χ0) is 23.0. The second-order valence-corrected chi connectivity index (χ2v) is 7.81. The lowest BCUT2D eigenvalue weighted by Crippen LogP contribution is -2.42. The fourth-order valence-corrected chi connectivity index (χ4v) is 3.55. The first-order valence-corrected chi connectivity index (χ1v) is 10.6. The van der Waals surface area contributed by atoms with Crippen LogP contribution in [0.15, 0.2) is 80.8 Å². The van der Waals surface area contributed by atoms with E-state index in [1.165, 1.54) is 6.92 Å². The second-order valence-electron chi connectivity index (χ2n) is 6.63. The quantitative estimate of drug-likeness (QED) is 0.228. The molecule has 0 amide bonds. The highest BCUT2D eigenvalue weighted by Gasteiger charge is 2.48. The zero-order valence-electron chi connectivity index (χ0n) is 17.5. The predicted molar refractivity (Wildman–Crippen MR) is 119 cm³/mol. The van der Waals surface area contributed by atoms with E-state index in [0.29, 0.717) is 17.4 Å². The van der Waals surface area contributed by atoms with Gasteiger partial charge in [0.1, 0.15) is 5.69 Å². The number of nitrogens with one attached hydrogen (secondary N) is 1. The number of rotatable bonds is 9. The number of hydrogen-bond donors (Lipinski definition) is 1. The third-order valence-corrected chi connectivity index (χ3v) is 5.50. The number of Topliss-reactive ketones (excluding diaryl/α,β-unsaturated/α-hetero) is 1. The van der Waals surface area contributed by atoms with Crippen molar-refractivity contribution in [2.24, 2.45) is 10.2 Å². The molecule has 1 atom stereocenters. The minimum absolute atomic E-state index is 0.0352. The molecule has 0 spiro atoms. The fraction of sp³-hybridized carbons (Fsp3) is 0.227. The monoisotopic (exact) mass is 451 g/mol. The summed E-state index contributed by atoms with van der Waals surface area (Å²) in [5.74, 6) is -1.54. The van der Waals surface area contributed by atoms with Crippen molar-refractivity contribution in [3.63, 3.8) is 0 Å². The molecule has 0 aliphatic carbocycles. The summed E-state index contributed by atoms with van der Waals surface area (Å²) in [5, 5.41) is 16.0. The summed E-state index contributed by atoms with van der Waals surface area (Å²) in [6, 6.07) is 18.0. The van der Waals surface area contributed by atoms with E-state index in [0.717, 1.165) is 5.56 Å². The number of aromatic nitrogens is 3. The average molecular weight is 452 g/mol. The Morgan fingerprint density at radius 1 is 1.06 bits per heavy atom. The molecular formula is C22H21N5O4S. The zero-order valence-corrected chi connectivity index (χ0v) is 18.3. The van der Waals surface area contributed by atoms with Crippen LogP contribution < -0.4 is 5.56 Å². The smallest absolute Gasteiger partial charge is 0.354 e. The Bertz CT molecular complexity index is 1170. The van der Waals surface area contributed by atoms with Gasteiger partial charge in [0.05, 0.1) is 12.3 Å². The molecule has 10 heteroatoms. The van der Waals surface area contributed by atoms with E-state index >= 15 is 0 Å². The van der Waals surface area contributed by atoms with E-state index in [9.17, 15) is 14.4 Å². The van der Waals surface area contributed by atoms with Gasteiger partial charge in [0.15, 0.2) is 10.9 Å². The molecule has 3 rings (SSSR count). The Balaban J connectivity index is 1.94. The van der Waals surface area contributed by atoms with E-state index in [1.807, 2.05) is 30.3 Å². The largest absolute Gasteiger partial charge is 0.463 e. The van der Waals surface area contributed by atoms with Crippen LogP contribution in [0.3, 0.4) is 0 Å². The first-order chi connectivity index (χ1) is 15.4. The van der Waals surface area contributed by atoms with Crippen LogP contribution in [0.2, 0.25) is 0 Å². The standard InChI is InChI=1S/C22H21N5O4S/c1-3-31-20(30)22(15(2)28,27-24-17-12-8-5-9-13-17)32-21-23-19(29)18(25-26-21)14-16-10-6-4-7-11-16/h4-13H,3,14H2,1-2H3,(H,23,26,29). The number of ether oxygens (including phenoxy) is 1. The number of carbonyl (C=O) groups excluding carboxylic acids is 2. The highest BCUT2D eigenvalue weighted by molar-refractivity contribution is 8.02. The van der Waals surface area contributed by atoms with Gasteiger partial charge in [-0.3, -0.25) is 14.6 Å². The SMILES string of the molecule is CCOC(=O)C(N=Nc1ccccc1)(Sc1nnc(Cc2ccccc2)c(=O)[nH]1)C(C)=O. The molecule has 0 aliphatic rings.